The number of anilines is 1. The van der Waals surface area contributed by atoms with Crippen molar-refractivity contribution in [2.75, 3.05) is 31.2 Å². The third kappa shape index (κ3) is 4.15. The Labute approximate surface area is 165 Å². The number of carbonyl (C=O) groups excluding carboxylic acids is 1. The van der Waals surface area contributed by atoms with Crippen LogP contribution in [0.4, 0.5) is 5.82 Å². The lowest BCUT2D eigenvalue weighted by molar-refractivity contribution is -0.169. The summed E-state index contributed by atoms with van der Waals surface area (Å²) in [6.45, 7) is 7.21. The first-order chi connectivity index (χ1) is 13.5. The zero-order valence-electron chi connectivity index (χ0n) is 16.4. The van der Waals surface area contributed by atoms with Gasteiger partial charge in [-0.3, -0.25) is 4.79 Å². The molecule has 1 spiro atoms. The van der Waals surface area contributed by atoms with E-state index in [9.17, 15) is 4.79 Å². The lowest BCUT2D eigenvalue weighted by atomic mass is 10.0. The first-order valence-electron chi connectivity index (χ1n) is 9.75. The standard InChI is InChI=1S/C21H26N4O3/c1-15-4-3-5-17(12-15)14-22-20(26)18-13-19(24-16(2)23-18)25-8-6-21(7-9-25)27-10-11-28-21/h3-5,12-13H,6-11,14H2,1-2H3,(H,22,26). The largest absolute Gasteiger partial charge is 0.356 e. The van der Waals surface area contributed by atoms with E-state index in [1.807, 2.05) is 32.0 Å². The van der Waals surface area contributed by atoms with Gasteiger partial charge in [-0.25, -0.2) is 9.97 Å². The van der Waals surface area contributed by atoms with Gasteiger partial charge in [0.25, 0.3) is 5.91 Å². The molecular formula is C21H26N4O3. The van der Waals surface area contributed by atoms with Crippen LogP contribution in [-0.2, 0) is 16.0 Å². The fraction of sp³-hybridized carbons (Fsp3) is 0.476. The Morgan fingerprint density at radius 1 is 1.14 bits per heavy atom. The van der Waals surface area contributed by atoms with E-state index in [1.165, 1.54) is 5.56 Å². The minimum Gasteiger partial charge on any atom is -0.356 e. The van der Waals surface area contributed by atoms with Gasteiger partial charge in [0.2, 0.25) is 0 Å². The lowest BCUT2D eigenvalue weighted by Gasteiger charge is -2.38. The van der Waals surface area contributed by atoms with Crippen molar-refractivity contribution >= 4 is 11.7 Å². The molecule has 2 aliphatic heterocycles. The van der Waals surface area contributed by atoms with Crippen molar-refractivity contribution in [3.05, 3.63) is 53.0 Å². The van der Waals surface area contributed by atoms with E-state index >= 15 is 0 Å². The number of rotatable bonds is 4. The molecule has 3 heterocycles. The van der Waals surface area contributed by atoms with Crippen LogP contribution in [0.2, 0.25) is 0 Å². The molecule has 7 nitrogen and oxygen atoms in total. The second kappa shape index (κ2) is 7.85. The molecule has 2 aromatic rings. The van der Waals surface area contributed by atoms with E-state index in [-0.39, 0.29) is 5.91 Å². The SMILES string of the molecule is Cc1cccc(CNC(=O)c2cc(N3CCC4(CC3)OCCO4)nc(C)n2)c1. The molecule has 0 radical (unpaired) electrons. The van der Waals surface area contributed by atoms with Gasteiger partial charge in [-0.1, -0.05) is 29.8 Å². The Morgan fingerprint density at radius 3 is 2.61 bits per heavy atom. The quantitative estimate of drug-likeness (QED) is 0.875. The number of nitrogens with zero attached hydrogens (tertiary/aromatic N) is 3. The molecule has 0 bridgehead atoms. The van der Waals surface area contributed by atoms with Gasteiger partial charge in [0.15, 0.2) is 5.79 Å². The van der Waals surface area contributed by atoms with Crippen molar-refractivity contribution in [1.82, 2.24) is 15.3 Å². The highest BCUT2D eigenvalue weighted by Gasteiger charge is 2.40. The number of aromatic nitrogens is 2. The van der Waals surface area contributed by atoms with Crippen molar-refractivity contribution < 1.29 is 14.3 Å². The zero-order valence-corrected chi connectivity index (χ0v) is 16.4. The molecule has 0 unspecified atom stereocenters. The van der Waals surface area contributed by atoms with Gasteiger partial charge in [-0.2, -0.15) is 0 Å². The second-order valence-corrected chi connectivity index (χ2v) is 7.42. The molecule has 7 heteroatoms. The summed E-state index contributed by atoms with van der Waals surface area (Å²) in [6, 6.07) is 9.86. The fourth-order valence-corrected chi connectivity index (χ4v) is 3.79. The van der Waals surface area contributed by atoms with E-state index in [2.05, 4.69) is 26.3 Å². The smallest absolute Gasteiger partial charge is 0.270 e. The summed E-state index contributed by atoms with van der Waals surface area (Å²) < 4.78 is 11.6. The van der Waals surface area contributed by atoms with E-state index < -0.39 is 5.79 Å². The van der Waals surface area contributed by atoms with Crippen LogP contribution in [0, 0.1) is 13.8 Å². The predicted molar refractivity (Wildman–Crippen MR) is 105 cm³/mol. The molecule has 4 rings (SSSR count). The molecule has 1 aromatic heterocycles. The molecule has 28 heavy (non-hydrogen) atoms. The van der Waals surface area contributed by atoms with Crippen LogP contribution < -0.4 is 10.2 Å². The van der Waals surface area contributed by atoms with Crippen LogP contribution in [-0.4, -0.2) is 48.0 Å². The fourth-order valence-electron chi connectivity index (χ4n) is 3.79. The summed E-state index contributed by atoms with van der Waals surface area (Å²) in [6.07, 6.45) is 1.59. The van der Waals surface area contributed by atoms with E-state index in [4.69, 9.17) is 9.47 Å². The molecule has 0 aliphatic carbocycles. The average Bonchev–Trinajstić information content (AvgIpc) is 3.14. The topological polar surface area (TPSA) is 76.6 Å². The Hall–Kier alpha value is -2.51. The highest BCUT2D eigenvalue weighted by atomic mass is 16.7. The van der Waals surface area contributed by atoms with E-state index in [1.54, 1.807) is 6.07 Å². The predicted octanol–water partition coefficient (Wildman–Crippen LogP) is 2.37. The van der Waals surface area contributed by atoms with Crippen LogP contribution in [0.3, 0.4) is 0 Å². The Morgan fingerprint density at radius 2 is 1.89 bits per heavy atom. The minimum atomic E-state index is -0.424. The number of aryl methyl sites for hydroxylation is 2. The summed E-state index contributed by atoms with van der Waals surface area (Å²) in [4.78, 5) is 23.7. The Kier molecular flexibility index (Phi) is 5.28. The zero-order chi connectivity index (χ0) is 19.6. The van der Waals surface area contributed by atoms with Crippen LogP contribution in [0.1, 0.15) is 40.3 Å². The van der Waals surface area contributed by atoms with Crippen LogP contribution in [0.5, 0.6) is 0 Å². The number of benzene rings is 1. The van der Waals surface area contributed by atoms with Gasteiger partial charge in [-0.15, -0.1) is 0 Å². The van der Waals surface area contributed by atoms with Crippen molar-refractivity contribution in [1.29, 1.82) is 0 Å². The number of ether oxygens (including phenoxy) is 2. The number of piperidine rings is 1. The molecule has 2 aliphatic rings. The minimum absolute atomic E-state index is 0.191. The summed E-state index contributed by atoms with van der Waals surface area (Å²) in [7, 11) is 0. The first kappa shape index (κ1) is 18.8. The lowest BCUT2D eigenvalue weighted by Crippen LogP contribution is -2.45. The van der Waals surface area contributed by atoms with Crippen LogP contribution in [0.25, 0.3) is 0 Å². The summed E-state index contributed by atoms with van der Waals surface area (Å²) in [5, 5.41) is 2.95. The van der Waals surface area contributed by atoms with Gasteiger partial charge in [0.05, 0.1) is 13.2 Å². The molecule has 148 valence electrons. The molecule has 1 aromatic carbocycles. The number of amides is 1. The van der Waals surface area contributed by atoms with Gasteiger partial charge < -0.3 is 19.7 Å². The van der Waals surface area contributed by atoms with Crippen LogP contribution in [0.15, 0.2) is 30.3 Å². The monoisotopic (exact) mass is 382 g/mol. The average molecular weight is 382 g/mol. The number of nitrogens with one attached hydrogen (secondary N) is 1. The maximum atomic E-state index is 12.6. The highest BCUT2D eigenvalue weighted by Crippen LogP contribution is 2.32. The maximum Gasteiger partial charge on any atom is 0.270 e. The number of hydrogen-bond donors (Lipinski definition) is 1. The van der Waals surface area contributed by atoms with Crippen molar-refractivity contribution in [3.63, 3.8) is 0 Å². The second-order valence-electron chi connectivity index (χ2n) is 7.42. The molecule has 2 fully saturated rings. The van der Waals surface area contributed by atoms with Gasteiger partial charge in [0.1, 0.15) is 17.3 Å². The van der Waals surface area contributed by atoms with E-state index in [0.29, 0.717) is 31.3 Å². The van der Waals surface area contributed by atoms with Crippen molar-refractivity contribution in [2.24, 2.45) is 0 Å². The Balaban J connectivity index is 1.42. The molecule has 0 atom stereocenters. The summed E-state index contributed by atoms with van der Waals surface area (Å²) in [5.41, 5.74) is 2.63. The molecule has 1 N–H and O–H groups in total. The van der Waals surface area contributed by atoms with E-state index in [0.717, 1.165) is 37.3 Å². The molecule has 1 amide bonds. The molecule has 0 saturated carbocycles. The molecular weight excluding hydrogens is 356 g/mol. The third-order valence-corrected chi connectivity index (χ3v) is 5.26. The Bertz CT molecular complexity index is 854. The van der Waals surface area contributed by atoms with Crippen molar-refractivity contribution in [3.8, 4) is 0 Å². The number of hydrogen-bond acceptors (Lipinski definition) is 6. The van der Waals surface area contributed by atoms with Crippen LogP contribution >= 0.6 is 0 Å². The highest BCUT2D eigenvalue weighted by molar-refractivity contribution is 5.92. The first-order valence-corrected chi connectivity index (χ1v) is 9.75. The van der Waals surface area contributed by atoms with Gasteiger partial charge in [-0.05, 0) is 19.4 Å². The van der Waals surface area contributed by atoms with Crippen molar-refractivity contribution in [2.45, 2.75) is 39.0 Å². The van der Waals surface area contributed by atoms with Gasteiger partial charge in [0, 0.05) is 38.5 Å². The third-order valence-electron chi connectivity index (χ3n) is 5.26. The number of carbonyl (C=O) groups is 1. The molecule has 2 saturated heterocycles. The maximum absolute atomic E-state index is 12.6. The van der Waals surface area contributed by atoms with Gasteiger partial charge >= 0.3 is 0 Å². The summed E-state index contributed by atoms with van der Waals surface area (Å²) in [5.74, 6) is 0.754. The normalized spacial score (nSPS) is 18.4. The summed E-state index contributed by atoms with van der Waals surface area (Å²) >= 11 is 0.